The number of H-pyrrole nitrogens is 1. The first-order chi connectivity index (χ1) is 14.8. The molecule has 0 aliphatic carbocycles. The third kappa shape index (κ3) is 5.21. The van der Waals surface area contributed by atoms with E-state index in [1.807, 2.05) is 24.3 Å². The summed E-state index contributed by atoms with van der Waals surface area (Å²) < 4.78 is 0. The van der Waals surface area contributed by atoms with E-state index in [0.717, 1.165) is 16.5 Å². The molecule has 0 radical (unpaired) electrons. The number of carbonyl (C=O) groups excluding carboxylic acids is 3. The molecule has 1 aliphatic heterocycles. The summed E-state index contributed by atoms with van der Waals surface area (Å²) >= 11 is 0. The first-order valence-electron chi connectivity index (χ1n) is 10.2. The number of carboxylic acid groups (broad SMARTS) is 1. The number of nitrogens with zero attached hydrogens (tertiary/aromatic N) is 1. The third-order valence-electron chi connectivity index (χ3n) is 5.57. The van der Waals surface area contributed by atoms with Gasteiger partial charge in [0.2, 0.25) is 17.7 Å². The molecule has 1 aliphatic rings. The van der Waals surface area contributed by atoms with Crippen molar-refractivity contribution in [3.63, 3.8) is 0 Å². The van der Waals surface area contributed by atoms with Crippen molar-refractivity contribution in [1.82, 2.24) is 15.2 Å². The van der Waals surface area contributed by atoms with E-state index >= 15 is 0 Å². The topological polar surface area (TPSA) is 172 Å². The Balaban J connectivity index is 1.67. The minimum atomic E-state index is -1.16. The highest BCUT2D eigenvalue weighted by Crippen LogP contribution is 2.21. The maximum Gasteiger partial charge on any atom is 0.326 e. The normalized spacial score (nSPS) is 18.0. The molecule has 0 spiro atoms. The largest absolute Gasteiger partial charge is 0.480 e. The highest BCUT2D eigenvalue weighted by atomic mass is 16.4. The van der Waals surface area contributed by atoms with Gasteiger partial charge >= 0.3 is 5.97 Å². The fourth-order valence-corrected chi connectivity index (χ4v) is 3.93. The number of rotatable bonds is 9. The molecule has 1 saturated heterocycles. The Morgan fingerprint density at radius 1 is 1.26 bits per heavy atom. The highest BCUT2D eigenvalue weighted by Gasteiger charge is 2.37. The maximum absolute atomic E-state index is 12.9. The van der Waals surface area contributed by atoms with E-state index in [0.29, 0.717) is 19.4 Å². The first-order valence-corrected chi connectivity index (χ1v) is 10.2. The Kier molecular flexibility index (Phi) is 6.91. The lowest BCUT2D eigenvalue weighted by Gasteiger charge is -2.27. The number of fused-ring (bicyclic) bond motifs is 1. The van der Waals surface area contributed by atoms with Crippen LogP contribution in [0.2, 0.25) is 0 Å². The molecular weight excluding hydrogens is 402 g/mol. The van der Waals surface area contributed by atoms with Gasteiger partial charge in [0.05, 0.1) is 6.04 Å². The van der Waals surface area contributed by atoms with E-state index in [-0.39, 0.29) is 19.3 Å². The van der Waals surface area contributed by atoms with Gasteiger partial charge in [-0.15, -0.1) is 0 Å². The summed E-state index contributed by atoms with van der Waals surface area (Å²) in [7, 11) is 0. The number of nitrogens with one attached hydrogen (secondary N) is 2. The smallest absolute Gasteiger partial charge is 0.326 e. The molecule has 3 rings (SSSR count). The molecule has 0 saturated carbocycles. The second-order valence-corrected chi connectivity index (χ2v) is 7.76. The molecule has 10 nitrogen and oxygen atoms in total. The number of aromatic nitrogens is 1. The van der Waals surface area contributed by atoms with Gasteiger partial charge in [-0.2, -0.15) is 0 Å². The zero-order valence-electron chi connectivity index (χ0n) is 17.0. The number of primary amides is 1. The van der Waals surface area contributed by atoms with Gasteiger partial charge in [0.15, 0.2) is 0 Å². The summed E-state index contributed by atoms with van der Waals surface area (Å²) in [5.74, 6) is -2.68. The van der Waals surface area contributed by atoms with Crippen molar-refractivity contribution in [2.75, 3.05) is 6.54 Å². The van der Waals surface area contributed by atoms with Gasteiger partial charge in [-0.3, -0.25) is 14.4 Å². The number of amides is 3. The summed E-state index contributed by atoms with van der Waals surface area (Å²) in [6.07, 6.45) is 2.92. The molecule has 3 unspecified atom stereocenters. The van der Waals surface area contributed by atoms with Gasteiger partial charge in [0, 0.05) is 36.5 Å². The molecule has 2 aromatic rings. The average Bonchev–Trinajstić information content (AvgIpc) is 3.38. The maximum atomic E-state index is 12.9. The summed E-state index contributed by atoms with van der Waals surface area (Å²) in [6, 6.07) is 4.62. The predicted molar refractivity (Wildman–Crippen MR) is 113 cm³/mol. The minimum Gasteiger partial charge on any atom is -0.480 e. The van der Waals surface area contributed by atoms with E-state index in [1.54, 1.807) is 6.20 Å². The molecule has 1 fully saturated rings. The quantitative estimate of drug-likeness (QED) is 0.371. The lowest BCUT2D eigenvalue weighted by Crippen LogP contribution is -2.54. The third-order valence-corrected chi connectivity index (χ3v) is 5.57. The summed E-state index contributed by atoms with van der Waals surface area (Å²) in [6.45, 7) is 0.349. The number of para-hydroxylation sites is 1. The van der Waals surface area contributed by atoms with Gasteiger partial charge in [0.25, 0.3) is 0 Å². The number of carboxylic acids is 1. The van der Waals surface area contributed by atoms with E-state index < -0.39 is 41.8 Å². The summed E-state index contributed by atoms with van der Waals surface area (Å²) in [5.41, 5.74) is 12.6. The molecule has 2 heterocycles. The SMILES string of the molecule is NC(=O)CCC(N)C(=O)N1CCCC1C(=O)NC(Cc1c[nH]c2ccccc12)C(=O)O. The van der Waals surface area contributed by atoms with Crippen molar-refractivity contribution >= 4 is 34.6 Å². The van der Waals surface area contributed by atoms with E-state index in [2.05, 4.69) is 10.3 Å². The zero-order chi connectivity index (χ0) is 22.5. The number of benzene rings is 1. The molecule has 7 N–H and O–H groups in total. The van der Waals surface area contributed by atoms with Crippen LogP contribution in [0.1, 0.15) is 31.2 Å². The van der Waals surface area contributed by atoms with Crippen LogP contribution in [0.3, 0.4) is 0 Å². The van der Waals surface area contributed by atoms with Crippen molar-refractivity contribution in [2.45, 2.75) is 50.2 Å². The van der Waals surface area contributed by atoms with E-state index in [9.17, 15) is 24.3 Å². The second kappa shape index (κ2) is 9.61. The highest BCUT2D eigenvalue weighted by molar-refractivity contribution is 5.93. The molecule has 0 bridgehead atoms. The van der Waals surface area contributed by atoms with Crippen LogP contribution in [0.15, 0.2) is 30.5 Å². The van der Waals surface area contributed by atoms with Crippen LogP contribution < -0.4 is 16.8 Å². The lowest BCUT2D eigenvalue weighted by molar-refractivity contribution is -0.144. The Morgan fingerprint density at radius 2 is 2.00 bits per heavy atom. The van der Waals surface area contributed by atoms with Crippen LogP contribution in [0, 0.1) is 0 Å². The van der Waals surface area contributed by atoms with Crippen LogP contribution in [-0.4, -0.2) is 63.4 Å². The molecule has 3 atom stereocenters. The molecule has 31 heavy (non-hydrogen) atoms. The van der Waals surface area contributed by atoms with E-state index in [1.165, 1.54) is 4.90 Å². The zero-order valence-corrected chi connectivity index (χ0v) is 17.0. The standard InChI is InChI=1S/C21H27N5O5/c22-14(7-8-18(23)27)20(29)26-9-3-6-17(26)19(28)25-16(21(30)31)10-12-11-24-15-5-2-1-4-13(12)15/h1-2,4-5,11,14,16-17,24H,3,6-10,22H2,(H2,23,27)(H,25,28)(H,30,31). The van der Waals surface area contributed by atoms with Crippen molar-refractivity contribution in [1.29, 1.82) is 0 Å². The lowest BCUT2D eigenvalue weighted by atomic mass is 10.0. The van der Waals surface area contributed by atoms with Crippen molar-refractivity contribution in [3.05, 3.63) is 36.0 Å². The number of hydrogen-bond donors (Lipinski definition) is 5. The predicted octanol–water partition coefficient (Wildman–Crippen LogP) is -0.136. The monoisotopic (exact) mass is 429 g/mol. The molecule has 3 amide bonds. The van der Waals surface area contributed by atoms with Crippen molar-refractivity contribution in [3.8, 4) is 0 Å². The first kappa shape index (κ1) is 22.3. The van der Waals surface area contributed by atoms with Crippen LogP contribution in [0.5, 0.6) is 0 Å². The van der Waals surface area contributed by atoms with Gasteiger partial charge in [-0.1, -0.05) is 18.2 Å². The Bertz CT molecular complexity index is 987. The number of likely N-dealkylation sites (tertiary alicyclic amines) is 1. The molecule has 166 valence electrons. The van der Waals surface area contributed by atoms with Gasteiger partial charge < -0.3 is 31.8 Å². The van der Waals surface area contributed by atoms with Gasteiger partial charge in [-0.05, 0) is 30.9 Å². The second-order valence-electron chi connectivity index (χ2n) is 7.76. The average molecular weight is 429 g/mol. The number of nitrogens with two attached hydrogens (primary N) is 2. The Morgan fingerprint density at radius 3 is 2.71 bits per heavy atom. The number of carbonyl (C=O) groups is 4. The van der Waals surface area contributed by atoms with Gasteiger partial charge in [-0.25, -0.2) is 4.79 Å². The van der Waals surface area contributed by atoms with Gasteiger partial charge in [0.1, 0.15) is 12.1 Å². The molecule has 1 aromatic heterocycles. The van der Waals surface area contributed by atoms with Crippen molar-refractivity contribution < 1.29 is 24.3 Å². The fourth-order valence-electron chi connectivity index (χ4n) is 3.93. The number of aromatic amines is 1. The van der Waals surface area contributed by atoms with Crippen LogP contribution >= 0.6 is 0 Å². The molecule has 10 heteroatoms. The van der Waals surface area contributed by atoms with Crippen molar-refractivity contribution in [2.24, 2.45) is 11.5 Å². The number of aliphatic carboxylic acids is 1. The molecular formula is C21H27N5O5. The van der Waals surface area contributed by atoms with Crippen LogP contribution in [-0.2, 0) is 25.6 Å². The number of hydrogen-bond acceptors (Lipinski definition) is 5. The Hall–Kier alpha value is -3.40. The minimum absolute atomic E-state index is 0.0245. The Labute approximate surface area is 178 Å². The summed E-state index contributed by atoms with van der Waals surface area (Å²) in [4.78, 5) is 52.7. The summed E-state index contributed by atoms with van der Waals surface area (Å²) in [5, 5.41) is 13.1. The van der Waals surface area contributed by atoms with Crippen LogP contribution in [0.4, 0.5) is 0 Å². The molecule has 1 aromatic carbocycles. The van der Waals surface area contributed by atoms with Crippen LogP contribution in [0.25, 0.3) is 10.9 Å². The fraction of sp³-hybridized carbons (Fsp3) is 0.429. The van der Waals surface area contributed by atoms with E-state index in [4.69, 9.17) is 11.5 Å².